The van der Waals surface area contributed by atoms with E-state index in [1.54, 1.807) is 12.2 Å². The molecular weight excluding hydrogens is 168 g/mol. The van der Waals surface area contributed by atoms with Crippen molar-refractivity contribution in [1.82, 2.24) is 0 Å². The highest BCUT2D eigenvalue weighted by molar-refractivity contribution is 5.97. The van der Waals surface area contributed by atoms with Crippen LogP contribution in [-0.2, 0) is 14.3 Å². The van der Waals surface area contributed by atoms with Crippen LogP contribution in [0.4, 0.5) is 0 Å². The van der Waals surface area contributed by atoms with Gasteiger partial charge in [0.1, 0.15) is 0 Å². The highest BCUT2D eigenvalue weighted by Gasteiger charge is 2.45. The van der Waals surface area contributed by atoms with E-state index in [1.807, 2.05) is 0 Å². The molecule has 0 N–H and O–H groups in total. The molecule has 3 heteroatoms. The first-order valence-corrected chi connectivity index (χ1v) is 4.12. The van der Waals surface area contributed by atoms with E-state index in [1.165, 1.54) is 0 Å². The second-order valence-corrected chi connectivity index (χ2v) is 3.27. The number of allylic oxidation sites excluding steroid dienone is 1. The number of cyclic esters (lactones) is 2. The second-order valence-electron chi connectivity index (χ2n) is 3.27. The molecule has 3 nitrogen and oxygen atoms in total. The number of hydrogen-bond acceptors (Lipinski definition) is 3. The molecule has 1 saturated heterocycles. The molecule has 3 atom stereocenters. The van der Waals surface area contributed by atoms with Crippen LogP contribution in [0.15, 0.2) is 12.2 Å². The second kappa shape index (κ2) is 2.74. The lowest BCUT2D eigenvalue weighted by molar-refractivity contribution is -0.153. The third-order valence-corrected chi connectivity index (χ3v) is 2.48. The predicted octanol–water partition coefficient (Wildman–Crippen LogP) is 0.511. The Morgan fingerprint density at radius 2 is 2.15 bits per heavy atom. The molecule has 0 amide bonds. The van der Waals surface area contributed by atoms with Gasteiger partial charge in [0.15, 0.2) is 0 Å². The highest BCUT2D eigenvalue weighted by Crippen LogP contribution is 2.34. The molecule has 3 unspecified atom stereocenters. The van der Waals surface area contributed by atoms with E-state index in [2.05, 4.69) is 10.7 Å². The minimum atomic E-state index is -0.443. The maximum absolute atomic E-state index is 11.1. The first-order valence-electron chi connectivity index (χ1n) is 4.12. The first kappa shape index (κ1) is 8.06. The van der Waals surface area contributed by atoms with Crippen molar-refractivity contribution in [2.45, 2.75) is 6.42 Å². The summed E-state index contributed by atoms with van der Waals surface area (Å²) in [5, 5.41) is 0. The number of carbonyl (C=O) groups excluding carboxylic acids is 2. The van der Waals surface area contributed by atoms with E-state index in [-0.39, 0.29) is 11.8 Å². The maximum Gasteiger partial charge on any atom is 0.321 e. The minimum Gasteiger partial charge on any atom is -0.392 e. The number of terminal acetylenes is 1. The Bertz CT molecular complexity index is 335. The molecule has 0 aromatic heterocycles. The average molecular weight is 176 g/mol. The molecule has 13 heavy (non-hydrogen) atoms. The summed E-state index contributed by atoms with van der Waals surface area (Å²) in [6.45, 7) is 0. The molecule has 1 aliphatic carbocycles. The molecule has 0 radical (unpaired) electrons. The van der Waals surface area contributed by atoms with Crippen LogP contribution < -0.4 is 0 Å². The normalized spacial score (nSPS) is 36.7. The van der Waals surface area contributed by atoms with E-state index in [0.29, 0.717) is 6.42 Å². The van der Waals surface area contributed by atoms with Crippen LogP contribution in [0.2, 0.25) is 0 Å². The number of rotatable bonds is 0. The van der Waals surface area contributed by atoms with Crippen molar-refractivity contribution in [3.05, 3.63) is 12.2 Å². The number of carbonyl (C=O) groups is 2. The molecule has 1 fully saturated rings. The van der Waals surface area contributed by atoms with Crippen LogP contribution in [0.3, 0.4) is 0 Å². The summed E-state index contributed by atoms with van der Waals surface area (Å²) in [5.41, 5.74) is 0. The van der Waals surface area contributed by atoms with Gasteiger partial charge in [0.05, 0.1) is 11.8 Å². The number of ether oxygens (including phenoxy) is 1. The van der Waals surface area contributed by atoms with E-state index < -0.39 is 17.9 Å². The Morgan fingerprint density at radius 3 is 2.85 bits per heavy atom. The fourth-order valence-electron chi connectivity index (χ4n) is 1.74. The van der Waals surface area contributed by atoms with Crippen molar-refractivity contribution in [2.75, 3.05) is 0 Å². The monoisotopic (exact) mass is 176 g/mol. The largest absolute Gasteiger partial charge is 0.392 e. The maximum atomic E-state index is 11.1. The Kier molecular flexibility index (Phi) is 1.70. The van der Waals surface area contributed by atoms with Crippen LogP contribution in [0.5, 0.6) is 0 Å². The van der Waals surface area contributed by atoms with Gasteiger partial charge in [-0.2, -0.15) is 0 Å². The summed E-state index contributed by atoms with van der Waals surface area (Å²) in [6.07, 6.45) is 9.24. The SMILES string of the molecule is C#CC1C=CC2C(=O)OC(=O)C2C1. The van der Waals surface area contributed by atoms with Crippen LogP contribution in [-0.4, -0.2) is 11.9 Å². The Labute approximate surface area is 75.8 Å². The first-order chi connectivity index (χ1) is 6.22. The lowest BCUT2D eigenvalue weighted by atomic mass is 9.81. The quantitative estimate of drug-likeness (QED) is 0.234. The van der Waals surface area contributed by atoms with Gasteiger partial charge in [0, 0.05) is 5.92 Å². The third-order valence-electron chi connectivity index (χ3n) is 2.48. The Balaban J connectivity index is 2.28. The van der Waals surface area contributed by atoms with Crippen molar-refractivity contribution in [3.8, 4) is 12.3 Å². The number of esters is 2. The van der Waals surface area contributed by atoms with Crippen LogP contribution in [0, 0.1) is 30.1 Å². The molecule has 2 rings (SSSR count). The average Bonchev–Trinajstić information content (AvgIpc) is 2.42. The zero-order chi connectivity index (χ0) is 9.42. The minimum absolute atomic E-state index is 0.0419. The van der Waals surface area contributed by atoms with E-state index in [9.17, 15) is 9.59 Å². The van der Waals surface area contributed by atoms with Crippen molar-refractivity contribution in [2.24, 2.45) is 17.8 Å². The van der Waals surface area contributed by atoms with E-state index >= 15 is 0 Å². The summed E-state index contributed by atoms with van der Waals surface area (Å²) in [6, 6.07) is 0. The predicted molar refractivity (Wildman–Crippen MR) is 44.2 cm³/mol. The molecular formula is C10H8O3. The lowest BCUT2D eigenvalue weighted by Gasteiger charge is -2.17. The fraction of sp³-hybridized carbons (Fsp3) is 0.400. The molecule has 0 aromatic rings. The van der Waals surface area contributed by atoms with Gasteiger partial charge in [-0.3, -0.25) is 9.59 Å². The van der Waals surface area contributed by atoms with Crippen LogP contribution in [0.25, 0.3) is 0 Å². The molecule has 1 heterocycles. The zero-order valence-electron chi connectivity index (χ0n) is 6.90. The topological polar surface area (TPSA) is 43.4 Å². The van der Waals surface area contributed by atoms with Crippen LogP contribution >= 0.6 is 0 Å². The summed E-state index contributed by atoms with van der Waals surface area (Å²) in [4.78, 5) is 22.2. The van der Waals surface area contributed by atoms with Gasteiger partial charge in [-0.05, 0) is 6.42 Å². The Hall–Kier alpha value is -1.56. The van der Waals surface area contributed by atoms with Gasteiger partial charge >= 0.3 is 11.9 Å². The molecule has 0 spiro atoms. The summed E-state index contributed by atoms with van der Waals surface area (Å²) in [7, 11) is 0. The van der Waals surface area contributed by atoms with Crippen LogP contribution in [0.1, 0.15) is 6.42 Å². The van der Waals surface area contributed by atoms with Gasteiger partial charge in [0.2, 0.25) is 0 Å². The zero-order valence-corrected chi connectivity index (χ0v) is 6.90. The molecule has 66 valence electrons. The fourth-order valence-corrected chi connectivity index (χ4v) is 1.74. The third kappa shape index (κ3) is 1.15. The molecule has 2 aliphatic rings. The van der Waals surface area contributed by atoms with Crippen molar-refractivity contribution in [1.29, 1.82) is 0 Å². The number of fused-ring (bicyclic) bond motifs is 1. The molecule has 0 saturated carbocycles. The van der Waals surface area contributed by atoms with Gasteiger partial charge in [-0.25, -0.2) is 0 Å². The Morgan fingerprint density at radius 1 is 1.38 bits per heavy atom. The lowest BCUT2D eigenvalue weighted by Crippen LogP contribution is -2.22. The van der Waals surface area contributed by atoms with Gasteiger partial charge < -0.3 is 4.74 Å². The van der Waals surface area contributed by atoms with Gasteiger partial charge in [-0.1, -0.05) is 18.1 Å². The van der Waals surface area contributed by atoms with Crippen molar-refractivity contribution < 1.29 is 14.3 Å². The number of hydrogen-bond donors (Lipinski definition) is 0. The molecule has 0 bridgehead atoms. The summed E-state index contributed by atoms with van der Waals surface area (Å²) >= 11 is 0. The smallest absolute Gasteiger partial charge is 0.321 e. The van der Waals surface area contributed by atoms with Gasteiger partial charge in [-0.15, -0.1) is 6.42 Å². The standard InChI is InChI=1S/C10H8O3/c1-2-6-3-4-7-8(5-6)10(12)13-9(7)11/h1,3-4,6-8H,5H2. The van der Waals surface area contributed by atoms with Crippen molar-refractivity contribution in [3.63, 3.8) is 0 Å². The van der Waals surface area contributed by atoms with Crippen molar-refractivity contribution >= 4 is 11.9 Å². The highest BCUT2D eigenvalue weighted by atomic mass is 16.6. The van der Waals surface area contributed by atoms with E-state index in [4.69, 9.17) is 6.42 Å². The van der Waals surface area contributed by atoms with E-state index in [0.717, 1.165) is 0 Å². The molecule has 0 aromatic carbocycles. The van der Waals surface area contributed by atoms with Gasteiger partial charge in [0.25, 0.3) is 0 Å². The summed E-state index contributed by atoms with van der Waals surface area (Å²) < 4.78 is 4.50. The molecule has 1 aliphatic heterocycles. The summed E-state index contributed by atoms with van der Waals surface area (Å²) in [5.74, 6) is 0.890.